The highest BCUT2D eigenvalue weighted by Crippen LogP contribution is 2.31. The molecule has 8 heteroatoms. The average Bonchev–Trinajstić information content (AvgIpc) is 3.37. The quantitative estimate of drug-likeness (QED) is 0.363. The summed E-state index contributed by atoms with van der Waals surface area (Å²) in [6.45, 7) is 2.33. The van der Waals surface area contributed by atoms with E-state index in [2.05, 4.69) is 20.9 Å². The van der Waals surface area contributed by atoms with Crippen LogP contribution in [0.15, 0.2) is 66.7 Å². The first-order chi connectivity index (χ1) is 16.5. The van der Waals surface area contributed by atoms with Gasteiger partial charge in [-0.25, -0.2) is 4.79 Å². The summed E-state index contributed by atoms with van der Waals surface area (Å²) in [5.74, 6) is -0.170. The second-order valence-electron chi connectivity index (χ2n) is 8.09. The minimum Gasteiger partial charge on any atom is -0.371 e. The molecular formula is C26H26Cl2N4O2. The molecule has 1 aliphatic heterocycles. The normalized spacial score (nSPS) is 12.9. The summed E-state index contributed by atoms with van der Waals surface area (Å²) in [6.07, 6.45) is 2.93. The SMILES string of the molecule is O=C(Nc1ccc(N2CCCC2)c(C(=O)NCCc2ccccc2)c1)Nc1c(Cl)cccc1Cl. The summed E-state index contributed by atoms with van der Waals surface area (Å²) >= 11 is 12.3. The van der Waals surface area contributed by atoms with Crippen LogP contribution in [0.5, 0.6) is 0 Å². The molecule has 3 amide bonds. The van der Waals surface area contributed by atoms with Crippen LogP contribution in [0.4, 0.5) is 21.9 Å². The van der Waals surface area contributed by atoms with Crippen molar-refractivity contribution >= 4 is 52.2 Å². The first-order valence-electron chi connectivity index (χ1n) is 11.2. The van der Waals surface area contributed by atoms with Gasteiger partial charge in [-0.2, -0.15) is 0 Å². The number of hydrogen-bond donors (Lipinski definition) is 3. The number of rotatable bonds is 7. The lowest BCUT2D eigenvalue weighted by Crippen LogP contribution is -2.29. The number of carbonyl (C=O) groups excluding carboxylic acids is 2. The Hall–Kier alpha value is -3.22. The van der Waals surface area contributed by atoms with Crippen molar-refractivity contribution in [1.82, 2.24) is 5.32 Å². The van der Waals surface area contributed by atoms with Gasteiger partial charge in [0, 0.05) is 31.0 Å². The van der Waals surface area contributed by atoms with Crippen LogP contribution in [-0.4, -0.2) is 31.6 Å². The summed E-state index contributed by atoms with van der Waals surface area (Å²) in [4.78, 5) is 27.9. The zero-order chi connectivity index (χ0) is 23.9. The maximum atomic E-state index is 13.1. The number of anilines is 3. The van der Waals surface area contributed by atoms with Crippen LogP contribution in [-0.2, 0) is 6.42 Å². The van der Waals surface area contributed by atoms with Gasteiger partial charge in [0.15, 0.2) is 0 Å². The zero-order valence-corrected chi connectivity index (χ0v) is 20.1. The van der Waals surface area contributed by atoms with Crippen molar-refractivity contribution in [3.63, 3.8) is 0 Å². The van der Waals surface area contributed by atoms with Crippen LogP contribution >= 0.6 is 23.2 Å². The third kappa shape index (κ3) is 6.01. The molecule has 0 spiro atoms. The molecule has 0 saturated carbocycles. The summed E-state index contributed by atoms with van der Waals surface area (Å²) in [7, 11) is 0. The Morgan fingerprint density at radius 1 is 0.853 bits per heavy atom. The summed E-state index contributed by atoms with van der Waals surface area (Å²) in [5.41, 5.74) is 3.39. The van der Waals surface area contributed by atoms with Crippen molar-refractivity contribution in [1.29, 1.82) is 0 Å². The monoisotopic (exact) mass is 496 g/mol. The molecule has 1 fully saturated rings. The van der Waals surface area contributed by atoms with Crippen molar-refractivity contribution in [2.75, 3.05) is 35.2 Å². The molecule has 3 aromatic carbocycles. The van der Waals surface area contributed by atoms with E-state index in [-0.39, 0.29) is 5.91 Å². The first-order valence-corrected chi connectivity index (χ1v) is 12.0. The molecule has 4 rings (SSSR count). The molecule has 0 aromatic heterocycles. The number of para-hydroxylation sites is 1. The Morgan fingerprint density at radius 2 is 1.56 bits per heavy atom. The maximum absolute atomic E-state index is 13.1. The number of hydrogen-bond acceptors (Lipinski definition) is 3. The molecule has 0 radical (unpaired) electrons. The van der Waals surface area contributed by atoms with Crippen LogP contribution in [0.1, 0.15) is 28.8 Å². The number of nitrogens with zero attached hydrogens (tertiary/aromatic N) is 1. The zero-order valence-electron chi connectivity index (χ0n) is 18.6. The van der Waals surface area contributed by atoms with E-state index in [0.717, 1.165) is 43.6 Å². The molecule has 0 aliphatic carbocycles. The van der Waals surface area contributed by atoms with Crippen molar-refractivity contribution in [3.05, 3.63) is 87.9 Å². The van der Waals surface area contributed by atoms with Gasteiger partial charge in [-0.05, 0) is 55.2 Å². The van der Waals surface area contributed by atoms with Gasteiger partial charge in [0.25, 0.3) is 5.91 Å². The van der Waals surface area contributed by atoms with Crippen molar-refractivity contribution < 1.29 is 9.59 Å². The van der Waals surface area contributed by atoms with E-state index in [0.29, 0.717) is 33.5 Å². The topological polar surface area (TPSA) is 73.5 Å². The Bertz CT molecular complexity index is 1140. The Kier molecular flexibility index (Phi) is 7.93. The second-order valence-corrected chi connectivity index (χ2v) is 8.91. The summed E-state index contributed by atoms with van der Waals surface area (Å²) in [6, 6.07) is 19.9. The lowest BCUT2D eigenvalue weighted by Gasteiger charge is -2.22. The molecule has 3 aromatic rings. The Morgan fingerprint density at radius 3 is 2.26 bits per heavy atom. The number of amides is 3. The van der Waals surface area contributed by atoms with Crippen LogP contribution < -0.4 is 20.9 Å². The summed E-state index contributed by atoms with van der Waals surface area (Å²) in [5, 5.41) is 9.14. The van der Waals surface area contributed by atoms with Crippen LogP contribution in [0.2, 0.25) is 10.0 Å². The molecule has 0 atom stereocenters. The van der Waals surface area contributed by atoms with Gasteiger partial charge in [-0.3, -0.25) is 4.79 Å². The molecule has 3 N–H and O–H groups in total. The molecular weight excluding hydrogens is 471 g/mol. The number of urea groups is 1. The lowest BCUT2D eigenvalue weighted by molar-refractivity contribution is 0.0954. The van der Waals surface area contributed by atoms with E-state index in [1.165, 1.54) is 0 Å². The van der Waals surface area contributed by atoms with Crippen LogP contribution in [0, 0.1) is 0 Å². The molecule has 1 aliphatic rings. The smallest absolute Gasteiger partial charge is 0.323 e. The maximum Gasteiger partial charge on any atom is 0.323 e. The van der Waals surface area contributed by atoms with Gasteiger partial charge >= 0.3 is 6.03 Å². The highest BCUT2D eigenvalue weighted by Gasteiger charge is 2.20. The Labute approximate surface area is 209 Å². The predicted molar refractivity (Wildman–Crippen MR) is 139 cm³/mol. The second kappa shape index (κ2) is 11.3. The van der Waals surface area contributed by atoms with Gasteiger partial charge in [-0.15, -0.1) is 0 Å². The van der Waals surface area contributed by atoms with E-state index in [9.17, 15) is 9.59 Å². The molecule has 6 nitrogen and oxygen atoms in total. The molecule has 0 bridgehead atoms. The highest BCUT2D eigenvalue weighted by molar-refractivity contribution is 6.39. The van der Waals surface area contributed by atoms with Crippen molar-refractivity contribution in [2.45, 2.75) is 19.3 Å². The van der Waals surface area contributed by atoms with E-state index in [1.54, 1.807) is 30.3 Å². The third-order valence-corrected chi connectivity index (χ3v) is 6.32. The van der Waals surface area contributed by atoms with E-state index < -0.39 is 6.03 Å². The van der Waals surface area contributed by atoms with E-state index in [1.807, 2.05) is 36.4 Å². The van der Waals surface area contributed by atoms with Crippen LogP contribution in [0.25, 0.3) is 0 Å². The highest BCUT2D eigenvalue weighted by atomic mass is 35.5. The molecule has 1 heterocycles. The first kappa shape index (κ1) is 23.9. The van der Waals surface area contributed by atoms with Crippen molar-refractivity contribution in [3.8, 4) is 0 Å². The third-order valence-electron chi connectivity index (χ3n) is 5.69. The molecule has 0 unspecified atom stereocenters. The standard InChI is InChI=1S/C26H26Cl2N4O2/c27-21-9-6-10-22(28)24(21)31-26(34)30-19-11-12-23(32-15-4-5-16-32)20(17-19)25(33)29-14-13-18-7-2-1-3-8-18/h1-3,6-12,17H,4-5,13-16H2,(H,29,33)(H2,30,31,34). The average molecular weight is 497 g/mol. The van der Waals surface area contributed by atoms with Crippen molar-refractivity contribution in [2.24, 2.45) is 0 Å². The fourth-order valence-electron chi connectivity index (χ4n) is 3.98. The number of halogens is 2. The van der Waals surface area contributed by atoms with Gasteiger partial charge in [0.2, 0.25) is 0 Å². The predicted octanol–water partition coefficient (Wildman–Crippen LogP) is 6.21. The van der Waals surface area contributed by atoms with Gasteiger partial charge in [-0.1, -0.05) is 59.6 Å². The largest absolute Gasteiger partial charge is 0.371 e. The van der Waals surface area contributed by atoms with Crippen LogP contribution in [0.3, 0.4) is 0 Å². The fraction of sp³-hybridized carbons (Fsp3) is 0.231. The van der Waals surface area contributed by atoms with Gasteiger partial charge < -0.3 is 20.9 Å². The molecule has 176 valence electrons. The number of nitrogens with one attached hydrogen (secondary N) is 3. The minimum absolute atomic E-state index is 0.170. The number of benzene rings is 3. The van der Waals surface area contributed by atoms with Gasteiger partial charge in [0.05, 0.1) is 21.3 Å². The minimum atomic E-state index is -0.501. The summed E-state index contributed by atoms with van der Waals surface area (Å²) < 4.78 is 0. The van der Waals surface area contributed by atoms with E-state index >= 15 is 0 Å². The molecule has 34 heavy (non-hydrogen) atoms. The van der Waals surface area contributed by atoms with E-state index in [4.69, 9.17) is 23.2 Å². The fourth-order valence-corrected chi connectivity index (χ4v) is 4.47. The van der Waals surface area contributed by atoms with Gasteiger partial charge in [0.1, 0.15) is 0 Å². The molecule has 1 saturated heterocycles. The Balaban J connectivity index is 1.48. The lowest BCUT2D eigenvalue weighted by atomic mass is 10.1. The number of carbonyl (C=O) groups is 2.